The second-order valence-electron chi connectivity index (χ2n) is 15.4. The first kappa shape index (κ1) is 33.9. The van der Waals surface area contributed by atoms with Crippen LogP contribution in [0.3, 0.4) is 0 Å². The summed E-state index contributed by atoms with van der Waals surface area (Å²) in [5.74, 6) is 0.717. The topological polar surface area (TPSA) is 25.8 Å². The molecule has 0 fully saturated rings. The van der Waals surface area contributed by atoms with Crippen molar-refractivity contribution in [2.75, 3.05) is 0 Å². The lowest BCUT2D eigenvalue weighted by Crippen LogP contribution is -2.22. The zero-order chi connectivity index (χ0) is 38.6. The van der Waals surface area contributed by atoms with E-state index in [9.17, 15) is 0 Å². The first-order valence-electron chi connectivity index (χ1n) is 20.0. The van der Waals surface area contributed by atoms with Crippen molar-refractivity contribution in [3.8, 4) is 67.3 Å². The summed E-state index contributed by atoms with van der Waals surface area (Å²) < 4.78 is 0. The number of nitrogens with zero attached hydrogens (tertiary/aromatic N) is 2. The minimum atomic E-state index is -0.248. The van der Waals surface area contributed by atoms with Crippen LogP contribution >= 0.6 is 0 Å². The fraction of sp³-hybridized carbons (Fsp3) is 0.0357. The summed E-state index contributed by atoms with van der Waals surface area (Å²) in [4.78, 5) is 10.5. The van der Waals surface area contributed by atoms with Crippen molar-refractivity contribution in [2.24, 2.45) is 0 Å². The molecule has 1 atom stereocenters. The van der Waals surface area contributed by atoms with E-state index in [2.05, 4.69) is 213 Å². The van der Waals surface area contributed by atoms with Crippen molar-refractivity contribution < 1.29 is 0 Å². The number of fused-ring (bicyclic) bond motifs is 5. The molecule has 1 aliphatic rings. The smallest absolute Gasteiger partial charge is 0.161 e. The van der Waals surface area contributed by atoms with E-state index in [1.165, 1.54) is 60.8 Å². The molecule has 0 aliphatic heterocycles. The second kappa shape index (κ2) is 13.7. The molecule has 0 saturated heterocycles. The van der Waals surface area contributed by atoms with Crippen molar-refractivity contribution in [3.05, 3.63) is 229 Å². The first-order chi connectivity index (χ1) is 28.6. The van der Waals surface area contributed by atoms with E-state index in [0.29, 0.717) is 0 Å². The summed E-state index contributed by atoms with van der Waals surface area (Å²) in [7, 11) is 0. The van der Waals surface area contributed by atoms with Crippen LogP contribution in [0.15, 0.2) is 212 Å². The van der Waals surface area contributed by atoms with Crippen LogP contribution in [0.4, 0.5) is 0 Å². The Hall–Kier alpha value is -7.42. The Bertz CT molecular complexity index is 3180. The summed E-state index contributed by atoms with van der Waals surface area (Å²) in [6, 6.07) is 76.5. The zero-order valence-electron chi connectivity index (χ0n) is 32.1. The molecule has 0 radical (unpaired) electrons. The maximum atomic E-state index is 5.32. The highest BCUT2D eigenvalue weighted by Gasteiger charge is 2.40. The quantitative estimate of drug-likeness (QED) is 0.170. The zero-order valence-corrected chi connectivity index (χ0v) is 32.1. The highest BCUT2D eigenvalue weighted by atomic mass is 14.9. The maximum Gasteiger partial charge on any atom is 0.161 e. The van der Waals surface area contributed by atoms with Gasteiger partial charge >= 0.3 is 0 Å². The summed E-state index contributed by atoms with van der Waals surface area (Å²) >= 11 is 0. The van der Waals surface area contributed by atoms with E-state index in [1.54, 1.807) is 0 Å². The molecule has 1 aromatic heterocycles. The van der Waals surface area contributed by atoms with E-state index in [4.69, 9.17) is 9.97 Å². The molecule has 0 spiro atoms. The van der Waals surface area contributed by atoms with E-state index in [-0.39, 0.29) is 5.41 Å². The molecule has 0 amide bonds. The van der Waals surface area contributed by atoms with Crippen LogP contribution in [-0.4, -0.2) is 9.97 Å². The molecule has 10 aromatic rings. The van der Waals surface area contributed by atoms with Gasteiger partial charge in [0.05, 0.1) is 11.4 Å². The molecular formula is C56H38N2. The van der Waals surface area contributed by atoms with Crippen molar-refractivity contribution in [3.63, 3.8) is 0 Å². The molecule has 2 nitrogen and oxygen atoms in total. The Labute approximate surface area is 338 Å². The molecule has 0 bridgehead atoms. The van der Waals surface area contributed by atoms with Crippen LogP contribution in [-0.2, 0) is 5.41 Å². The highest BCUT2D eigenvalue weighted by Crippen LogP contribution is 2.53. The lowest BCUT2D eigenvalue weighted by molar-refractivity contribution is 0.714. The van der Waals surface area contributed by atoms with E-state index < -0.39 is 0 Å². The van der Waals surface area contributed by atoms with Crippen LogP contribution < -0.4 is 0 Å². The van der Waals surface area contributed by atoms with Crippen molar-refractivity contribution in [1.82, 2.24) is 9.97 Å². The molecule has 0 saturated carbocycles. The van der Waals surface area contributed by atoms with Gasteiger partial charge in [0.15, 0.2) is 5.82 Å². The van der Waals surface area contributed by atoms with E-state index in [0.717, 1.165) is 44.7 Å². The third-order valence-electron chi connectivity index (χ3n) is 12.2. The van der Waals surface area contributed by atoms with E-state index >= 15 is 0 Å². The van der Waals surface area contributed by atoms with Gasteiger partial charge in [-0.1, -0.05) is 194 Å². The van der Waals surface area contributed by atoms with Gasteiger partial charge in [0.25, 0.3) is 0 Å². The monoisotopic (exact) mass is 738 g/mol. The average molecular weight is 739 g/mol. The fourth-order valence-corrected chi connectivity index (χ4v) is 9.28. The largest absolute Gasteiger partial charge is 0.228 e. The normalized spacial score (nSPS) is 14.4. The van der Waals surface area contributed by atoms with Crippen molar-refractivity contribution in [1.29, 1.82) is 0 Å². The van der Waals surface area contributed by atoms with Gasteiger partial charge < -0.3 is 0 Å². The van der Waals surface area contributed by atoms with Crippen LogP contribution in [0.25, 0.3) is 88.8 Å². The molecule has 0 N–H and O–H groups in total. The summed E-state index contributed by atoms with van der Waals surface area (Å²) in [6.07, 6.45) is 0. The van der Waals surface area contributed by atoms with Gasteiger partial charge in [0.2, 0.25) is 0 Å². The van der Waals surface area contributed by atoms with Crippen LogP contribution in [0.5, 0.6) is 0 Å². The number of aromatic nitrogens is 2. The standard InChI is InChI=1S/C56H38N2/c1-56(42-22-6-3-7-23-42)51-29-13-12-27-47(51)48-31-30-40(35-52(48)56)39-20-14-21-41(34-39)44-32-33-49(46-26-11-10-25-45(44)46)54-36-53(38-17-4-2-5-18-38)57-55(58-54)50-28-15-19-37-16-8-9-24-43(37)50/h2-36H,1H3. The first-order valence-corrected chi connectivity index (χ1v) is 20.0. The summed E-state index contributed by atoms with van der Waals surface area (Å²) in [6.45, 7) is 2.38. The predicted octanol–water partition coefficient (Wildman–Crippen LogP) is 14.5. The third-order valence-corrected chi connectivity index (χ3v) is 12.2. The summed E-state index contributed by atoms with van der Waals surface area (Å²) in [5, 5.41) is 4.65. The Balaban J connectivity index is 1.04. The van der Waals surface area contributed by atoms with Gasteiger partial charge in [-0.3, -0.25) is 0 Å². The lowest BCUT2D eigenvalue weighted by atomic mass is 9.74. The second-order valence-corrected chi connectivity index (χ2v) is 15.4. The van der Waals surface area contributed by atoms with Crippen LogP contribution in [0.1, 0.15) is 23.6 Å². The fourth-order valence-electron chi connectivity index (χ4n) is 9.28. The molecule has 1 aliphatic carbocycles. The molecule has 11 rings (SSSR count). The maximum absolute atomic E-state index is 5.32. The Morgan fingerprint density at radius 3 is 1.72 bits per heavy atom. The molecule has 1 heterocycles. The van der Waals surface area contributed by atoms with Crippen LogP contribution in [0.2, 0.25) is 0 Å². The van der Waals surface area contributed by atoms with E-state index in [1.807, 2.05) is 6.07 Å². The van der Waals surface area contributed by atoms with Gasteiger partial charge in [0.1, 0.15) is 0 Å². The van der Waals surface area contributed by atoms with Gasteiger partial charge in [-0.25, -0.2) is 9.97 Å². The lowest BCUT2D eigenvalue weighted by Gasteiger charge is -2.28. The Morgan fingerprint density at radius 2 is 0.879 bits per heavy atom. The van der Waals surface area contributed by atoms with Gasteiger partial charge in [0, 0.05) is 22.1 Å². The molecular weight excluding hydrogens is 701 g/mol. The molecule has 1 unspecified atom stereocenters. The minimum absolute atomic E-state index is 0.248. The number of hydrogen-bond donors (Lipinski definition) is 0. The van der Waals surface area contributed by atoms with Crippen molar-refractivity contribution >= 4 is 21.5 Å². The van der Waals surface area contributed by atoms with Gasteiger partial charge in [-0.15, -0.1) is 0 Å². The molecule has 58 heavy (non-hydrogen) atoms. The minimum Gasteiger partial charge on any atom is -0.228 e. The molecule has 272 valence electrons. The van der Waals surface area contributed by atoms with Crippen molar-refractivity contribution in [2.45, 2.75) is 12.3 Å². The Morgan fingerprint density at radius 1 is 0.328 bits per heavy atom. The van der Waals surface area contributed by atoms with Gasteiger partial charge in [-0.05, 0) is 96.7 Å². The number of benzene rings is 9. The number of hydrogen-bond acceptors (Lipinski definition) is 2. The van der Waals surface area contributed by atoms with Gasteiger partial charge in [-0.2, -0.15) is 0 Å². The average Bonchev–Trinajstić information content (AvgIpc) is 3.56. The molecule has 9 aromatic carbocycles. The third kappa shape index (κ3) is 5.49. The number of rotatable bonds is 6. The van der Waals surface area contributed by atoms with Crippen LogP contribution in [0, 0.1) is 0 Å². The SMILES string of the molecule is CC1(c2ccccc2)c2ccccc2-c2ccc(-c3cccc(-c4ccc(-c5cc(-c6ccccc6)nc(-c6cccc7ccccc67)n5)c5ccccc45)c3)cc21. The molecule has 2 heteroatoms. The predicted molar refractivity (Wildman–Crippen MR) is 242 cm³/mol. The highest BCUT2D eigenvalue weighted by molar-refractivity contribution is 6.05. The summed E-state index contributed by atoms with van der Waals surface area (Å²) in [5.41, 5.74) is 16.1. The Kier molecular flexibility index (Phi) is 7.97.